The maximum atomic E-state index is 12.7. The number of imidazole rings is 1. The molecule has 12 nitrogen and oxygen atoms in total. The lowest BCUT2D eigenvalue weighted by Crippen LogP contribution is -2.42. The summed E-state index contributed by atoms with van der Waals surface area (Å²) in [6, 6.07) is 9.38. The number of benzene rings is 1. The molecular weight excluding hydrogens is 512 g/mol. The summed E-state index contributed by atoms with van der Waals surface area (Å²) < 4.78 is 1.48. The summed E-state index contributed by atoms with van der Waals surface area (Å²) >= 11 is 0. The molecule has 5 aromatic rings. The van der Waals surface area contributed by atoms with Crippen molar-refractivity contribution in [1.29, 1.82) is 0 Å². The maximum Gasteiger partial charge on any atom is 0.323 e. The number of aromatic nitrogens is 6. The van der Waals surface area contributed by atoms with Gasteiger partial charge in [0.15, 0.2) is 11.4 Å². The summed E-state index contributed by atoms with van der Waals surface area (Å²) in [6.45, 7) is 3.84. The van der Waals surface area contributed by atoms with Crippen LogP contribution in [0.1, 0.15) is 48.7 Å². The Balaban J connectivity index is 1.35. The molecule has 1 aliphatic heterocycles. The van der Waals surface area contributed by atoms with Crippen LogP contribution in [0.4, 0.5) is 5.82 Å². The van der Waals surface area contributed by atoms with Gasteiger partial charge in [0, 0.05) is 41.9 Å². The van der Waals surface area contributed by atoms with Crippen molar-refractivity contribution < 1.29 is 14.7 Å². The number of aliphatic hydroxyl groups is 1. The molecule has 1 saturated heterocycles. The lowest BCUT2D eigenvalue weighted by molar-refractivity contribution is -0.140. The number of piperidine rings is 1. The number of hydrogen-bond donors (Lipinski definition) is 4. The highest BCUT2D eigenvalue weighted by molar-refractivity contribution is 6.00. The predicted molar refractivity (Wildman–Crippen MR) is 149 cm³/mol. The number of nitrogens with zero attached hydrogens (tertiary/aromatic N) is 5. The van der Waals surface area contributed by atoms with Crippen LogP contribution < -0.4 is 11.4 Å². The minimum absolute atomic E-state index is 0.0812. The number of aromatic amines is 2. The second-order valence-corrected chi connectivity index (χ2v) is 10.2. The minimum Gasteiger partial charge on any atom is -0.384 e. The van der Waals surface area contributed by atoms with Crippen molar-refractivity contribution in [3.63, 3.8) is 0 Å². The zero-order valence-electron chi connectivity index (χ0n) is 22.0. The van der Waals surface area contributed by atoms with Gasteiger partial charge in [-0.1, -0.05) is 12.1 Å². The number of ketones is 1. The SMILES string of the molecule is CC(=O)c1c(C2CCN(C(=O)[C@@H](C)O)CC2)nc2c(-c3ccc(-c4ccc5[nH]c(=O)[nH]c5c4)nc3)cnn2c1N. The van der Waals surface area contributed by atoms with Gasteiger partial charge in [0.25, 0.3) is 5.91 Å². The highest BCUT2D eigenvalue weighted by atomic mass is 16.3. The number of carbonyl (C=O) groups excluding carboxylic acids is 2. The molecule has 1 atom stereocenters. The van der Waals surface area contributed by atoms with Gasteiger partial charge in [-0.05, 0) is 44.9 Å². The first-order valence-electron chi connectivity index (χ1n) is 13.0. The van der Waals surface area contributed by atoms with Crippen LogP contribution in [0.25, 0.3) is 39.1 Å². The number of H-pyrrole nitrogens is 2. The average molecular weight is 541 g/mol. The Morgan fingerprint density at radius 3 is 2.48 bits per heavy atom. The van der Waals surface area contributed by atoms with E-state index in [1.54, 1.807) is 17.3 Å². The topological polar surface area (TPSA) is 175 Å². The standard InChI is InChI=1S/C28H28N8O4/c1-14(37)23-24(16-7-9-35(10-8-16)27(39)15(2)38)34-26-19(13-31-36(26)25(23)29)18-4-5-20(30-12-18)17-3-6-21-22(11-17)33-28(40)32-21/h3-6,11-13,15-16,38H,7-10,29H2,1-2H3,(H2,32,33,40)/t15-/m1/s1. The Morgan fingerprint density at radius 1 is 1.07 bits per heavy atom. The normalized spacial score (nSPS) is 15.1. The summed E-state index contributed by atoms with van der Waals surface area (Å²) in [4.78, 5) is 53.2. The number of likely N-dealkylation sites (tertiary alicyclic amines) is 1. The zero-order chi connectivity index (χ0) is 28.1. The number of rotatable bonds is 5. The number of fused-ring (bicyclic) bond motifs is 2. The highest BCUT2D eigenvalue weighted by Crippen LogP contribution is 2.35. The fourth-order valence-electron chi connectivity index (χ4n) is 5.45. The van der Waals surface area contributed by atoms with Crippen molar-refractivity contribution in [2.45, 2.75) is 38.7 Å². The highest BCUT2D eigenvalue weighted by Gasteiger charge is 2.31. The van der Waals surface area contributed by atoms with Crippen LogP contribution >= 0.6 is 0 Å². The fraction of sp³-hybridized carbons (Fsp3) is 0.286. The average Bonchev–Trinajstić information content (AvgIpc) is 3.54. The molecule has 40 heavy (non-hydrogen) atoms. The van der Waals surface area contributed by atoms with Crippen LogP contribution in [-0.4, -0.2) is 70.4 Å². The number of nitrogens with one attached hydrogen (secondary N) is 2. The summed E-state index contributed by atoms with van der Waals surface area (Å²) in [5, 5.41) is 14.1. The molecule has 0 unspecified atom stereocenters. The Hall–Kier alpha value is -4.84. The number of nitrogen functional groups attached to an aromatic ring is 1. The van der Waals surface area contributed by atoms with E-state index in [4.69, 9.17) is 10.7 Å². The van der Waals surface area contributed by atoms with E-state index in [0.717, 1.165) is 22.3 Å². The number of aliphatic hydroxyl groups excluding tert-OH is 1. The molecule has 6 rings (SSSR count). The molecule has 0 saturated carbocycles. The van der Waals surface area contributed by atoms with E-state index in [1.807, 2.05) is 30.3 Å². The molecule has 0 radical (unpaired) electrons. The number of anilines is 1. The van der Waals surface area contributed by atoms with Crippen LogP contribution in [-0.2, 0) is 4.79 Å². The Bertz CT molecular complexity index is 1830. The predicted octanol–water partition coefficient (Wildman–Crippen LogP) is 2.50. The van der Waals surface area contributed by atoms with Crippen LogP contribution in [0.5, 0.6) is 0 Å². The third-order valence-corrected chi connectivity index (χ3v) is 7.50. The molecule has 1 amide bonds. The van der Waals surface area contributed by atoms with Crippen molar-refractivity contribution >= 4 is 34.2 Å². The van der Waals surface area contributed by atoms with Gasteiger partial charge in [0.05, 0.1) is 34.2 Å². The number of Topliss-reactive ketones (excluding diaryl/α,β-unsaturated/α-hetero) is 1. The summed E-state index contributed by atoms with van der Waals surface area (Å²) in [7, 11) is 0. The molecule has 0 bridgehead atoms. The molecule has 5 heterocycles. The van der Waals surface area contributed by atoms with Gasteiger partial charge in [-0.2, -0.15) is 9.61 Å². The van der Waals surface area contributed by atoms with Crippen molar-refractivity contribution in [3.05, 3.63) is 64.5 Å². The molecule has 204 valence electrons. The molecule has 1 aromatic carbocycles. The maximum absolute atomic E-state index is 12.7. The van der Waals surface area contributed by atoms with E-state index in [0.29, 0.717) is 53.9 Å². The Labute approximate surface area is 227 Å². The second kappa shape index (κ2) is 9.72. The summed E-state index contributed by atoms with van der Waals surface area (Å²) in [6.07, 6.45) is 3.52. The third kappa shape index (κ3) is 4.31. The Kier molecular flexibility index (Phi) is 6.18. The van der Waals surface area contributed by atoms with E-state index in [-0.39, 0.29) is 29.1 Å². The first-order chi connectivity index (χ1) is 19.2. The van der Waals surface area contributed by atoms with Gasteiger partial charge in [0.2, 0.25) is 0 Å². The quantitative estimate of drug-likeness (QED) is 0.246. The van der Waals surface area contributed by atoms with E-state index in [2.05, 4.69) is 20.1 Å². The molecule has 0 aliphatic carbocycles. The number of nitrogens with two attached hydrogens (primary N) is 1. The molecule has 0 spiro atoms. The summed E-state index contributed by atoms with van der Waals surface area (Å²) in [5.74, 6) is -0.362. The zero-order valence-corrected chi connectivity index (χ0v) is 22.0. The van der Waals surface area contributed by atoms with Crippen molar-refractivity contribution in [1.82, 2.24) is 34.4 Å². The van der Waals surface area contributed by atoms with Crippen molar-refractivity contribution in [3.8, 4) is 22.4 Å². The van der Waals surface area contributed by atoms with Gasteiger partial charge in [-0.25, -0.2) is 9.78 Å². The molecule has 12 heteroatoms. The Morgan fingerprint density at radius 2 is 1.80 bits per heavy atom. The monoisotopic (exact) mass is 540 g/mol. The van der Waals surface area contributed by atoms with E-state index < -0.39 is 6.10 Å². The smallest absolute Gasteiger partial charge is 0.323 e. The molecular formula is C28H28N8O4. The van der Waals surface area contributed by atoms with Crippen LogP contribution in [0.3, 0.4) is 0 Å². The van der Waals surface area contributed by atoms with Gasteiger partial charge in [-0.3, -0.25) is 14.6 Å². The van der Waals surface area contributed by atoms with Crippen LogP contribution in [0, 0.1) is 0 Å². The number of hydrogen-bond acceptors (Lipinski definition) is 8. The molecule has 1 fully saturated rings. The number of pyridine rings is 1. The molecule has 5 N–H and O–H groups in total. The van der Waals surface area contributed by atoms with Gasteiger partial charge >= 0.3 is 5.69 Å². The lowest BCUT2D eigenvalue weighted by Gasteiger charge is -2.33. The largest absolute Gasteiger partial charge is 0.384 e. The minimum atomic E-state index is -1.05. The van der Waals surface area contributed by atoms with Crippen molar-refractivity contribution in [2.24, 2.45) is 0 Å². The van der Waals surface area contributed by atoms with Crippen molar-refractivity contribution in [2.75, 3.05) is 18.8 Å². The fourth-order valence-corrected chi connectivity index (χ4v) is 5.45. The number of carbonyl (C=O) groups is 2. The molecule has 4 aromatic heterocycles. The third-order valence-electron chi connectivity index (χ3n) is 7.50. The van der Waals surface area contributed by atoms with Crippen LogP contribution in [0.15, 0.2) is 47.5 Å². The van der Waals surface area contributed by atoms with E-state index >= 15 is 0 Å². The second-order valence-electron chi connectivity index (χ2n) is 10.2. The van der Waals surface area contributed by atoms with Gasteiger partial charge in [0.1, 0.15) is 11.9 Å². The van der Waals surface area contributed by atoms with E-state index in [1.165, 1.54) is 18.4 Å². The van der Waals surface area contributed by atoms with Gasteiger partial charge in [-0.15, -0.1) is 0 Å². The molecule has 1 aliphatic rings. The van der Waals surface area contributed by atoms with Crippen LogP contribution in [0.2, 0.25) is 0 Å². The van der Waals surface area contributed by atoms with E-state index in [9.17, 15) is 19.5 Å². The first kappa shape index (κ1) is 25.4. The number of amides is 1. The van der Waals surface area contributed by atoms with Gasteiger partial charge < -0.3 is 25.7 Å². The summed E-state index contributed by atoms with van der Waals surface area (Å²) in [5.41, 5.74) is 12.2. The lowest BCUT2D eigenvalue weighted by atomic mass is 9.89. The first-order valence-corrected chi connectivity index (χ1v) is 13.0.